The minimum Gasteiger partial charge on any atom is -0.381 e. The summed E-state index contributed by atoms with van der Waals surface area (Å²) in [6, 6.07) is 13.2. The van der Waals surface area contributed by atoms with Crippen molar-refractivity contribution in [2.45, 2.75) is 32.7 Å². The zero-order valence-electron chi connectivity index (χ0n) is 11.4. The van der Waals surface area contributed by atoms with E-state index in [1.54, 1.807) is 0 Å². The van der Waals surface area contributed by atoms with Crippen LogP contribution in [0.4, 0.5) is 5.69 Å². The summed E-state index contributed by atoms with van der Waals surface area (Å²) in [5, 5.41) is 3.50. The van der Waals surface area contributed by atoms with Gasteiger partial charge in [0.2, 0.25) is 0 Å². The molecule has 100 valence electrons. The minimum absolute atomic E-state index is 0.433. The number of aromatic nitrogens is 1. The van der Waals surface area contributed by atoms with Gasteiger partial charge >= 0.3 is 0 Å². The van der Waals surface area contributed by atoms with E-state index in [1.165, 1.54) is 5.56 Å². The van der Waals surface area contributed by atoms with E-state index in [0.29, 0.717) is 6.04 Å². The van der Waals surface area contributed by atoms with Gasteiger partial charge in [0.15, 0.2) is 0 Å². The van der Waals surface area contributed by atoms with Crippen LogP contribution in [0.1, 0.15) is 24.5 Å². The first-order valence-electron chi connectivity index (χ1n) is 6.58. The van der Waals surface area contributed by atoms with Crippen molar-refractivity contribution in [3.05, 3.63) is 58.3 Å². The maximum absolute atomic E-state index is 4.30. The molecule has 0 aliphatic carbocycles. The number of halogens is 1. The van der Waals surface area contributed by atoms with Gasteiger partial charge < -0.3 is 5.32 Å². The summed E-state index contributed by atoms with van der Waals surface area (Å²) >= 11 is 3.42. The molecular formula is C16H19BrN2. The molecule has 0 saturated carbocycles. The average molecular weight is 319 g/mol. The molecule has 19 heavy (non-hydrogen) atoms. The highest BCUT2D eigenvalue weighted by Crippen LogP contribution is 2.18. The van der Waals surface area contributed by atoms with Crippen LogP contribution in [-0.4, -0.2) is 11.0 Å². The highest BCUT2D eigenvalue weighted by atomic mass is 79.9. The predicted octanol–water partition coefficient (Wildman–Crippen LogP) is 4.59. The van der Waals surface area contributed by atoms with Crippen LogP contribution in [0, 0.1) is 6.92 Å². The fraction of sp³-hybridized carbons (Fsp3) is 0.312. The van der Waals surface area contributed by atoms with Crippen LogP contribution < -0.4 is 5.32 Å². The molecule has 2 aromatic rings. The van der Waals surface area contributed by atoms with Gasteiger partial charge in [-0.05, 0) is 59.8 Å². The quantitative estimate of drug-likeness (QED) is 0.816. The zero-order chi connectivity index (χ0) is 13.7. The molecule has 1 heterocycles. The van der Waals surface area contributed by atoms with Crippen molar-refractivity contribution in [1.29, 1.82) is 0 Å². The lowest BCUT2D eigenvalue weighted by atomic mass is 10.1. The van der Waals surface area contributed by atoms with Gasteiger partial charge in [0.25, 0.3) is 0 Å². The molecule has 0 aliphatic heterocycles. The Morgan fingerprint density at radius 2 is 2.00 bits per heavy atom. The Balaban J connectivity index is 1.87. The molecule has 0 spiro atoms. The van der Waals surface area contributed by atoms with Gasteiger partial charge in [0, 0.05) is 6.04 Å². The number of benzene rings is 1. The summed E-state index contributed by atoms with van der Waals surface area (Å²) in [4.78, 5) is 4.30. The van der Waals surface area contributed by atoms with Gasteiger partial charge in [-0.25, -0.2) is 4.98 Å². The van der Waals surface area contributed by atoms with Crippen molar-refractivity contribution in [2.75, 3.05) is 5.32 Å². The third kappa shape index (κ3) is 4.35. The molecule has 0 saturated heterocycles. The Labute approximate surface area is 123 Å². The first-order chi connectivity index (χ1) is 9.15. The van der Waals surface area contributed by atoms with Crippen molar-refractivity contribution in [3.8, 4) is 0 Å². The molecule has 1 atom stereocenters. The van der Waals surface area contributed by atoms with Gasteiger partial charge in [-0.1, -0.05) is 30.3 Å². The lowest BCUT2D eigenvalue weighted by Crippen LogP contribution is -2.16. The predicted molar refractivity (Wildman–Crippen MR) is 84.5 cm³/mol. The molecule has 0 aliphatic rings. The fourth-order valence-corrected chi connectivity index (χ4v) is 2.24. The van der Waals surface area contributed by atoms with Crippen molar-refractivity contribution in [2.24, 2.45) is 0 Å². The number of hydrogen-bond donors (Lipinski definition) is 1. The molecule has 1 aromatic carbocycles. The molecular weight excluding hydrogens is 300 g/mol. The molecule has 1 N–H and O–H groups in total. The number of nitrogens with one attached hydrogen (secondary N) is 1. The molecule has 3 heteroatoms. The molecule has 0 amide bonds. The lowest BCUT2D eigenvalue weighted by molar-refractivity contribution is 0.705. The molecule has 1 aromatic heterocycles. The van der Waals surface area contributed by atoms with E-state index in [0.717, 1.165) is 28.7 Å². The van der Waals surface area contributed by atoms with E-state index in [1.807, 2.05) is 6.20 Å². The second-order valence-electron chi connectivity index (χ2n) is 4.90. The number of nitrogens with zero attached hydrogens (tertiary/aromatic N) is 1. The van der Waals surface area contributed by atoms with Gasteiger partial charge in [0.05, 0.1) is 11.9 Å². The number of pyridine rings is 1. The first-order valence-corrected chi connectivity index (χ1v) is 7.37. The summed E-state index contributed by atoms with van der Waals surface area (Å²) in [7, 11) is 0. The Hall–Kier alpha value is -1.35. The van der Waals surface area contributed by atoms with Crippen molar-refractivity contribution in [3.63, 3.8) is 0 Å². The maximum atomic E-state index is 4.30. The van der Waals surface area contributed by atoms with Crippen LogP contribution >= 0.6 is 15.9 Å². The highest BCUT2D eigenvalue weighted by Gasteiger charge is 2.04. The third-order valence-corrected chi connectivity index (χ3v) is 3.97. The van der Waals surface area contributed by atoms with Crippen LogP contribution in [0.15, 0.2) is 47.2 Å². The number of aryl methyl sites for hydroxylation is 2. The van der Waals surface area contributed by atoms with E-state index in [2.05, 4.69) is 76.5 Å². The van der Waals surface area contributed by atoms with Crippen molar-refractivity contribution < 1.29 is 0 Å². The van der Waals surface area contributed by atoms with Crippen molar-refractivity contribution >= 4 is 21.6 Å². The van der Waals surface area contributed by atoms with E-state index >= 15 is 0 Å². The molecule has 0 fully saturated rings. The Morgan fingerprint density at radius 1 is 1.26 bits per heavy atom. The van der Waals surface area contributed by atoms with Gasteiger partial charge in [-0.3, -0.25) is 0 Å². The topological polar surface area (TPSA) is 24.9 Å². The van der Waals surface area contributed by atoms with Crippen LogP contribution in [-0.2, 0) is 6.42 Å². The average Bonchev–Trinajstić information content (AvgIpc) is 2.42. The van der Waals surface area contributed by atoms with E-state index in [9.17, 15) is 0 Å². The largest absolute Gasteiger partial charge is 0.381 e. The van der Waals surface area contributed by atoms with Crippen LogP contribution in [0.2, 0.25) is 0 Å². The van der Waals surface area contributed by atoms with Crippen molar-refractivity contribution in [1.82, 2.24) is 4.98 Å². The second-order valence-corrected chi connectivity index (χ2v) is 5.65. The zero-order valence-corrected chi connectivity index (χ0v) is 12.9. The minimum atomic E-state index is 0.433. The first kappa shape index (κ1) is 14.1. The number of rotatable bonds is 5. The molecule has 0 bridgehead atoms. The molecule has 2 rings (SSSR count). The maximum Gasteiger partial charge on any atom is 0.109 e. The monoisotopic (exact) mass is 318 g/mol. The SMILES string of the molecule is Cc1cc(NC(C)CCc2ccccc2)cnc1Br. The highest BCUT2D eigenvalue weighted by molar-refractivity contribution is 9.10. The normalized spacial score (nSPS) is 12.2. The number of anilines is 1. The second kappa shape index (κ2) is 6.71. The van der Waals surface area contributed by atoms with Crippen LogP contribution in [0.3, 0.4) is 0 Å². The van der Waals surface area contributed by atoms with E-state index in [4.69, 9.17) is 0 Å². The third-order valence-electron chi connectivity index (χ3n) is 3.14. The van der Waals surface area contributed by atoms with Crippen LogP contribution in [0.5, 0.6) is 0 Å². The lowest BCUT2D eigenvalue weighted by Gasteiger charge is -2.15. The summed E-state index contributed by atoms with van der Waals surface area (Å²) < 4.78 is 0.912. The smallest absolute Gasteiger partial charge is 0.109 e. The van der Waals surface area contributed by atoms with Gasteiger partial charge in [-0.15, -0.1) is 0 Å². The van der Waals surface area contributed by atoms with Crippen LogP contribution in [0.25, 0.3) is 0 Å². The summed E-state index contributed by atoms with van der Waals surface area (Å²) in [5.74, 6) is 0. The summed E-state index contributed by atoms with van der Waals surface area (Å²) in [6.45, 7) is 4.26. The number of hydrogen-bond acceptors (Lipinski definition) is 2. The Bertz CT molecular complexity index is 526. The van der Waals surface area contributed by atoms with Gasteiger partial charge in [-0.2, -0.15) is 0 Å². The van der Waals surface area contributed by atoms with E-state index in [-0.39, 0.29) is 0 Å². The Kier molecular flexibility index (Phi) is 4.97. The van der Waals surface area contributed by atoms with E-state index < -0.39 is 0 Å². The Morgan fingerprint density at radius 3 is 2.68 bits per heavy atom. The fourth-order valence-electron chi connectivity index (χ4n) is 2.02. The standard InChI is InChI=1S/C16H19BrN2/c1-12-10-15(11-18-16(12)17)19-13(2)8-9-14-6-4-3-5-7-14/h3-7,10-11,13,19H,8-9H2,1-2H3. The molecule has 2 nitrogen and oxygen atoms in total. The summed E-state index contributed by atoms with van der Waals surface area (Å²) in [5.41, 5.74) is 3.63. The molecule has 1 unspecified atom stereocenters. The summed E-state index contributed by atoms with van der Waals surface area (Å²) in [6.07, 6.45) is 4.08. The van der Waals surface area contributed by atoms with Gasteiger partial charge in [0.1, 0.15) is 4.60 Å². The molecule has 0 radical (unpaired) electrons.